The highest BCUT2D eigenvalue weighted by Crippen LogP contribution is 2.39. The van der Waals surface area contributed by atoms with Crippen LogP contribution in [0.5, 0.6) is 5.75 Å². The summed E-state index contributed by atoms with van der Waals surface area (Å²) in [7, 11) is 0.0908. The van der Waals surface area contributed by atoms with Crippen LogP contribution in [0, 0.1) is 13.8 Å². The Hall–Kier alpha value is -3.88. The topological polar surface area (TPSA) is 89.9 Å². The van der Waals surface area contributed by atoms with Gasteiger partial charge in [0.1, 0.15) is 12.1 Å². The molecule has 5 aromatic rings. The average Bonchev–Trinajstić information content (AvgIpc) is 2.90. The van der Waals surface area contributed by atoms with Crippen LogP contribution in [0.4, 0.5) is 5.95 Å². The molecule has 9 heteroatoms. The molecule has 36 heavy (non-hydrogen) atoms. The Morgan fingerprint density at radius 2 is 1.69 bits per heavy atom. The number of nitrogens with one attached hydrogen (secondary N) is 1. The van der Waals surface area contributed by atoms with Gasteiger partial charge in [-0.1, -0.05) is 23.7 Å². The number of aryl methyl sites for hydroxylation is 2. The molecular weight excluding hydrogens is 494 g/mol. The molecule has 3 aromatic carbocycles. The van der Waals surface area contributed by atoms with E-state index in [0.717, 1.165) is 43.9 Å². The molecule has 0 aliphatic heterocycles. The summed E-state index contributed by atoms with van der Waals surface area (Å²) in [6.07, 6.45) is 4.67. The van der Waals surface area contributed by atoms with Gasteiger partial charge in [0.25, 0.3) is 0 Å². The predicted octanol–water partition coefficient (Wildman–Crippen LogP) is 6.17. The number of hydrogen-bond donors (Lipinski definition) is 1. The fourth-order valence-electron chi connectivity index (χ4n) is 3.97. The van der Waals surface area contributed by atoms with Crippen LogP contribution in [-0.2, 0) is 11.0 Å². The average molecular weight is 516 g/mol. The summed E-state index contributed by atoms with van der Waals surface area (Å²) in [6, 6.07) is 17.2. The van der Waals surface area contributed by atoms with Crippen LogP contribution in [-0.4, -0.2) is 31.3 Å². The van der Waals surface area contributed by atoms with E-state index in [9.17, 15) is 4.21 Å². The molecule has 7 nitrogen and oxygen atoms in total. The highest BCUT2D eigenvalue weighted by atomic mass is 35.5. The number of aromatic nitrogens is 4. The monoisotopic (exact) mass is 515 g/mol. The Bertz CT molecular complexity index is 1610. The molecule has 180 valence electrons. The highest BCUT2D eigenvalue weighted by Gasteiger charge is 2.17. The van der Waals surface area contributed by atoms with Crippen LogP contribution >= 0.6 is 11.6 Å². The second-order valence-corrected chi connectivity index (χ2v) is 9.80. The maximum Gasteiger partial charge on any atom is 0.234 e. The van der Waals surface area contributed by atoms with Gasteiger partial charge in [0.2, 0.25) is 5.95 Å². The molecule has 1 unspecified atom stereocenters. The van der Waals surface area contributed by atoms with E-state index in [4.69, 9.17) is 16.3 Å². The van der Waals surface area contributed by atoms with Crippen LogP contribution < -0.4 is 9.46 Å². The van der Waals surface area contributed by atoms with Crippen LogP contribution in [0.15, 0.2) is 78.2 Å². The standard InChI is InChI=1S/C27H22ClN5O2S/c1-16-5-6-18(12-23(16)28)21-14-25(35-3)22(11-17(21)2)26-20-8-7-19(13-24(20)31-15-32-26)36(34)33-27-29-9-4-10-30-27/h4-15H,1-3H3,(H,29,30,33). The largest absolute Gasteiger partial charge is 0.496 e. The first kappa shape index (κ1) is 23.8. The van der Waals surface area contributed by atoms with Crippen molar-refractivity contribution in [1.82, 2.24) is 19.9 Å². The highest BCUT2D eigenvalue weighted by molar-refractivity contribution is 7.86. The van der Waals surface area contributed by atoms with Crippen LogP contribution in [0.3, 0.4) is 0 Å². The molecule has 0 amide bonds. The number of halogens is 1. The fourth-order valence-corrected chi connectivity index (χ4v) is 4.95. The first-order valence-corrected chi connectivity index (χ1v) is 12.6. The third-order valence-corrected chi connectivity index (χ3v) is 7.31. The number of ether oxygens (including phenoxy) is 1. The lowest BCUT2D eigenvalue weighted by molar-refractivity contribution is 0.416. The summed E-state index contributed by atoms with van der Waals surface area (Å²) in [5.41, 5.74) is 6.36. The molecule has 2 heterocycles. The van der Waals surface area contributed by atoms with Crippen molar-refractivity contribution in [3.8, 4) is 28.1 Å². The van der Waals surface area contributed by atoms with Gasteiger partial charge in [0.05, 0.1) is 23.2 Å². The van der Waals surface area contributed by atoms with Crippen molar-refractivity contribution in [3.63, 3.8) is 0 Å². The van der Waals surface area contributed by atoms with Crippen molar-refractivity contribution in [3.05, 3.63) is 89.5 Å². The summed E-state index contributed by atoms with van der Waals surface area (Å²) in [6.45, 7) is 4.03. The van der Waals surface area contributed by atoms with Crippen molar-refractivity contribution in [2.24, 2.45) is 0 Å². The van der Waals surface area contributed by atoms with Crippen molar-refractivity contribution < 1.29 is 8.95 Å². The predicted molar refractivity (Wildman–Crippen MR) is 144 cm³/mol. The van der Waals surface area contributed by atoms with Gasteiger partial charge in [-0.3, -0.25) is 4.72 Å². The van der Waals surface area contributed by atoms with Crippen LogP contribution in [0.25, 0.3) is 33.3 Å². The molecule has 0 bridgehead atoms. The van der Waals surface area contributed by atoms with Gasteiger partial charge in [-0.05, 0) is 78.6 Å². The molecule has 0 saturated heterocycles. The summed E-state index contributed by atoms with van der Waals surface area (Å²) in [5, 5.41) is 1.54. The molecular formula is C27H22ClN5O2S. The molecule has 1 atom stereocenters. The lowest BCUT2D eigenvalue weighted by atomic mass is 9.95. The van der Waals surface area contributed by atoms with Crippen LogP contribution in [0.2, 0.25) is 5.02 Å². The van der Waals surface area contributed by atoms with E-state index >= 15 is 0 Å². The smallest absolute Gasteiger partial charge is 0.234 e. The molecule has 0 fully saturated rings. The Morgan fingerprint density at radius 3 is 2.44 bits per heavy atom. The van der Waals surface area contributed by atoms with E-state index in [-0.39, 0.29) is 5.95 Å². The van der Waals surface area contributed by atoms with E-state index in [2.05, 4.69) is 36.8 Å². The molecule has 2 aromatic heterocycles. The summed E-state index contributed by atoms with van der Waals surface area (Å²) in [5.74, 6) is 0.970. The number of fused-ring (bicyclic) bond motifs is 1. The molecule has 0 aliphatic rings. The van der Waals surface area contributed by atoms with E-state index < -0.39 is 11.0 Å². The SMILES string of the molecule is COc1cc(-c2ccc(C)c(Cl)c2)c(C)cc1-c1ncnc2cc(S(=O)Nc3ncccn3)ccc12. The minimum Gasteiger partial charge on any atom is -0.496 e. The fraction of sp³-hybridized carbons (Fsp3) is 0.111. The number of methoxy groups -OCH3 is 1. The van der Waals surface area contributed by atoms with E-state index in [0.29, 0.717) is 16.2 Å². The number of benzene rings is 3. The van der Waals surface area contributed by atoms with Gasteiger partial charge >= 0.3 is 0 Å². The van der Waals surface area contributed by atoms with Gasteiger partial charge in [-0.15, -0.1) is 0 Å². The quantitative estimate of drug-likeness (QED) is 0.291. The molecule has 0 radical (unpaired) electrons. The van der Waals surface area contributed by atoms with Crippen molar-refractivity contribution in [2.75, 3.05) is 11.8 Å². The molecule has 0 spiro atoms. The molecule has 5 rings (SSSR count). The molecule has 0 aliphatic carbocycles. The normalized spacial score (nSPS) is 11.9. The maximum atomic E-state index is 12.8. The first-order chi connectivity index (χ1) is 17.4. The summed E-state index contributed by atoms with van der Waals surface area (Å²) < 4.78 is 21.4. The Morgan fingerprint density at radius 1 is 0.889 bits per heavy atom. The lowest BCUT2D eigenvalue weighted by Crippen LogP contribution is -2.07. The zero-order valence-electron chi connectivity index (χ0n) is 19.8. The van der Waals surface area contributed by atoms with E-state index in [1.807, 2.05) is 38.1 Å². The van der Waals surface area contributed by atoms with Gasteiger partial charge in [0, 0.05) is 28.4 Å². The van der Waals surface area contributed by atoms with E-state index in [1.54, 1.807) is 37.7 Å². The number of nitrogens with zero attached hydrogens (tertiary/aromatic N) is 4. The van der Waals surface area contributed by atoms with Crippen molar-refractivity contribution >= 4 is 39.4 Å². The van der Waals surface area contributed by atoms with E-state index in [1.165, 1.54) is 6.33 Å². The second kappa shape index (κ2) is 10.0. The minimum absolute atomic E-state index is 0.287. The summed E-state index contributed by atoms with van der Waals surface area (Å²) in [4.78, 5) is 17.7. The number of hydrogen-bond acceptors (Lipinski definition) is 6. The first-order valence-electron chi connectivity index (χ1n) is 11.1. The molecule has 0 saturated carbocycles. The Balaban J connectivity index is 1.55. The van der Waals surface area contributed by atoms with Crippen molar-refractivity contribution in [2.45, 2.75) is 18.7 Å². The third-order valence-electron chi connectivity index (χ3n) is 5.86. The lowest BCUT2D eigenvalue weighted by Gasteiger charge is -2.15. The van der Waals surface area contributed by atoms with Crippen molar-refractivity contribution in [1.29, 1.82) is 0 Å². The van der Waals surface area contributed by atoms with Gasteiger partial charge < -0.3 is 4.74 Å². The van der Waals surface area contributed by atoms with Gasteiger partial charge in [0.15, 0.2) is 11.0 Å². The minimum atomic E-state index is -1.55. The second-order valence-electron chi connectivity index (χ2n) is 8.18. The Labute approximate surface area is 216 Å². The third kappa shape index (κ3) is 4.65. The van der Waals surface area contributed by atoms with Gasteiger partial charge in [-0.2, -0.15) is 0 Å². The summed E-state index contributed by atoms with van der Waals surface area (Å²) >= 11 is 6.38. The van der Waals surface area contributed by atoms with Gasteiger partial charge in [-0.25, -0.2) is 24.1 Å². The zero-order chi connectivity index (χ0) is 25.2. The number of anilines is 1. The zero-order valence-corrected chi connectivity index (χ0v) is 21.4. The molecule has 1 N–H and O–H groups in total. The Kier molecular flexibility index (Phi) is 6.63. The number of rotatable bonds is 6. The van der Waals surface area contributed by atoms with Crippen LogP contribution in [0.1, 0.15) is 11.1 Å². The maximum absolute atomic E-state index is 12.8.